The minimum Gasteiger partial charge on any atom is -0.481 e. The first-order chi connectivity index (χ1) is 9.99. The molecule has 2 fully saturated rings. The van der Waals surface area contributed by atoms with Crippen molar-refractivity contribution in [3.63, 3.8) is 0 Å². The van der Waals surface area contributed by atoms with Crippen LogP contribution in [0.2, 0.25) is 0 Å². The van der Waals surface area contributed by atoms with Gasteiger partial charge in [-0.05, 0) is 64.6 Å². The molecule has 2 aliphatic rings. The Morgan fingerprint density at radius 1 is 1.19 bits per heavy atom. The van der Waals surface area contributed by atoms with Gasteiger partial charge in [0, 0.05) is 12.6 Å². The van der Waals surface area contributed by atoms with Gasteiger partial charge in [0.05, 0.1) is 5.92 Å². The molecule has 6 nitrogen and oxygen atoms in total. The van der Waals surface area contributed by atoms with Crippen LogP contribution in [-0.4, -0.2) is 55.2 Å². The van der Waals surface area contributed by atoms with E-state index in [0.717, 1.165) is 38.6 Å². The van der Waals surface area contributed by atoms with Gasteiger partial charge in [-0.15, -0.1) is 0 Å². The fourth-order valence-corrected chi connectivity index (χ4v) is 3.81. The molecule has 0 radical (unpaired) electrons. The summed E-state index contributed by atoms with van der Waals surface area (Å²) in [6.07, 6.45) is 4.96. The number of nitrogens with one attached hydrogen (secondary N) is 2. The summed E-state index contributed by atoms with van der Waals surface area (Å²) in [5, 5.41) is 15.1. The molecular weight excluding hydrogens is 270 g/mol. The third-order valence-electron chi connectivity index (χ3n) is 4.82. The van der Waals surface area contributed by atoms with E-state index < -0.39 is 11.9 Å². The van der Waals surface area contributed by atoms with Gasteiger partial charge >= 0.3 is 12.0 Å². The highest BCUT2D eigenvalue weighted by molar-refractivity contribution is 5.77. The third kappa shape index (κ3) is 4.09. The quantitative estimate of drug-likeness (QED) is 0.615. The van der Waals surface area contributed by atoms with Gasteiger partial charge in [0.2, 0.25) is 0 Å². The van der Waals surface area contributed by atoms with Crippen LogP contribution in [0.4, 0.5) is 4.79 Å². The predicted molar refractivity (Wildman–Crippen MR) is 80.1 cm³/mol. The van der Waals surface area contributed by atoms with Gasteiger partial charge in [-0.1, -0.05) is 0 Å². The number of hydrogen-bond donors (Lipinski definition) is 3. The monoisotopic (exact) mass is 297 g/mol. The highest BCUT2D eigenvalue weighted by Gasteiger charge is 2.51. The molecule has 2 aliphatic carbocycles. The number of carbonyl (C=O) groups excluding carboxylic acids is 1. The first-order valence-corrected chi connectivity index (χ1v) is 7.91. The molecule has 3 N–H and O–H groups in total. The number of rotatable bonds is 7. The number of carboxylic acids is 1. The number of hydrogen-bond acceptors (Lipinski definition) is 3. The van der Waals surface area contributed by atoms with Crippen molar-refractivity contribution in [3.05, 3.63) is 0 Å². The number of amides is 2. The molecular formula is C15H27N3O3. The van der Waals surface area contributed by atoms with Crippen molar-refractivity contribution in [1.29, 1.82) is 0 Å². The van der Waals surface area contributed by atoms with Crippen molar-refractivity contribution in [3.8, 4) is 0 Å². The van der Waals surface area contributed by atoms with E-state index >= 15 is 0 Å². The molecule has 0 aromatic carbocycles. The van der Waals surface area contributed by atoms with Gasteiger partial charge in [-0.3, -0.25) is 4.79 Å². The van der Waals surface area contributed by atoms with Gasteiger partial charge in [0.25, 0.3) is 0 Å². The second-order valence-electron chi connectivity index (χ2n) is 6.63. The second-order valence-corrected chi connectivity index (χ2v) is 6.63. The Kier molecular flexibility index (Phi) is 5.45. The first-order valence-electron chi connectivity index (χ1n) is 7.91. The molecule has 21 heavy (non-hydrogen) atoms. The molecule has 0 aromatic rings. The number of unbranched alkanes of at least 4 members (excludes halogenated alkanes) is 1. The standard InChI is InChI=1S/C15H27N3O3/c1-18(2)8-4-3-7-16-15(21)17-13-11-6-5-10(9-11)12(13)14(19)20/h10-13H,3-9H2,1-2H3,(H,19,20)(H2,16,17,21). The number of nitrogens with zero attached hydrogens (tertiary/aromatic N) is 1. The van der Waals surface area contributed by atoms with E-state index in [0.29, 0.717) is 12.5 Å². The van der Waals surface area contributed by atoms with Crippen LogP contribution in [0.3, 0.4) is 0 Å². The zero-order chi connectivity index (χ0) is 15.4. The molecule has 6 heteroatoms. The maximum Gasteiger partial charge on any atom is 0.315 e. The molecule has 2 bridgehead atoms. The topological polar surface area (TPSA) is 81.7 Å². The van der Waals surface area contributed by atoms with Crippen LogP contribution in [0.25, 0.3) is 0 Å². The number of fused-ring (bicyclic) bond motifs is 2. The zero-order valence-electron chi connectivity index (χ0n) is 13.0. The summed E-state index contributed by atoms with van der Waals surface area (Å²) in [5.41, 5.74) is 0. The van der Waals surface area contributed by atoms with Gasteiger partial charge < -0.3 is 20.6 Å². The highest BCUT2D eigenvalue weighted by atomic mass is 16.4. The average molecular weight is 297 g/mol. The molecule has 120 valence electrons. The first kappa shape index (κ1) is 16.1. The van der Waals surface area contributed by atoms with E-state index in [1.54, 1.807) is 0 Å². The molecule has 0 aromatic heterocycles. The fourth-order valence-electron chi connectivity index (χ4n) is 3.81. The van der Waals surface area contributed by atoms with E-state index in [1.807, 2.05) is 14.1 Å². The van der Waals surface area contributed by atoms with Crippen molar-refractivity contribution >= 4 is 12.0 Å². The van der Waals surface area contributed by atoms with Crippen LogP contribution in [-0.2, 0) is 4.79 Å². The summed E-state index contributed by atoms with van der Waals surface area (Å²) in [5.74, 6) is -0.574. The summed E-state index contributed by atoms with van der Waals surface area (Å²) in [6.45, 7) is 1.65. The van der Waals surface area contributed by atoms with Crippen LogP contribution < -0.4 is 10.6 Å². The minimum atomic E-state index is -0.765. The summed E-state index contributed by atoms with van der Waals surface area (Å²) in [7, 11) is 4.06. The number of carboxylic acid groups (broad SMARTS) is 1. The molecule has 2 amide bonds. The van der Waals surface area contributed by atoms with Crippen LogP contribution >= 0.6 is 0 Å². The molecule has 0 aliphatic heterocycles. The SMILES string of the molecule is CN(C)CCCCNC(=O)NC1C2CCC(C2)C1C(=O)O. The summed E-state index contributed by atoms with van der Waals surface area (Å²) >= 11 is 0. The maximum atomic E-state index is 11.9. The smallest absolute Gasteiger partial charge is 0.315 e. The van der Waals surface area contributed by atoms with Crippen LogP contribution in [0.15, 0.2) is 0 Å². The average Bonchev–Trinajstić information content (AvgIpc) is 2.98. The molecule has 0 saturated heterocycles. The summed E-state index contributed by atoms with van der Waals surface area (Å²) < 4.78 is 0. The van der Waals surface area contributed by atoms with Crippen LogP contribution in [0.5, 0.6) is 0 Å². The van der Waals surface area contributed by atoms with Gasteiger partial charge in [0.1, 0.15) is 0 Å². The Balaban J connectivity index is 1.71. The largest absolute Gasteiger partial charge is 0.481 e. The minimum absolute atomic E-state index is 0.192. The lowest BCUT2D eigenvalue weighted by atomic mass is 9.84. The lowest BCUT2D eigenvalue weighted by molar-refractivity contribution is -0.144. The van der Waals surface area contributed by atoms with Crippen molar-refractivity contribution in [2.45, 2.75) is 38.1 Å². The Morgan fingerprint density at radius 2 is 1.90 bits per heavy atom. The van der Waals surface area contributed by atoms with Crippen molar-refractivity contribution in [2.75, 3.05) is 27.2 Å². The van der Waals surface area contributed by atoms with Crippen molar-refractivity contribution < 1.29 is 14.7 Å². The van der Waals surface area contributed by atoms with E-state index in [2.05, 4.69) is 15.5 Å². The third-order valence-corrected chi connectivity index (χ3v) is 4.82. The normalized spacial score (nSPS) is 30.6. The molecule has 2 saturated carbocycles. The summed E-state index contributed by atoms with van der Waals surface area (Å²) in [6, 6.07) is -0.410. The Morgan fingerprint density at radius 3 is 2.57 bits per heavy atom. The van der Waals surface area contributed by atoms with Gasteiger partial charge in [-0.2, -0.15) is 0 Å². The number of carbonyl (C=O) groups is 2. The highest BCUT2D eigenvalue weighted by Crippen LogP contribution is 2.48. The molecule has 4 atom stereocenters. The number of urea groups is 1. The lowest BCUT2D eigenvalue weighted by Crippen LogP contribution is -2.50. The van der Waals surface area contributed by atoms with Gasteiger partial charge in [0.15, 0.2) is 0 Å². The van der Waals surface area contributed by atoms with Crippen LogP contribution in [0, 0.1) is 17.8 Å². The Labute approximate surface area is 126 Å². The predicted octanol–water partition coefficient (Wildman–Crippen LogP) is 1.13. The maximum absolute atomic E-state index is 11.9. The van der Waals surface area contributed by atoms with E-state index in [9.17, 15) is 14.7 Å². The second kappa shape index (κ2) is 7.11. The summed E-state index contributed by atoms with van der Waals surface area (Å²) in [4.78, 5) is 25.4. The Hall–Kier alpha value is -1.30. The number of aliphatic carboxylic acids is 1. The lowest BCUT2D eigenvalue weighted by Gasteiger charge is -2.28. The molecule has 4 unspecified atom stereocenters. The van der Waals surface area contributed by atoms with Gasteiger partial charge in [-0.25, -0.2) is 4.79 Å². The van der Waals surface area contributed by atoms with E-state index in [4.69, 9.17) is 0 Å². The van der Waals surface area contributed by atoms with Crippen molar-refractivity contribution in [2.24, 2.45) is 17.8 Å². The Bertz CT molecular complexity index is 386. The van der Waals surface area contributed by atoms with Crippen molar-refractivity contribution in [1.82, 2.24) is 15.5 Å². The fraction of sp³-hybridized carbons (Fsp3) is 0.867. The van der Waals surface area contributed by atoms with E-state index in [-0.39, 0.29) is 18.0 Å². The van der Waals surface area contributed by atoms with E-state index in [1.165, 1.54) is 0 Å². The zero-order valence-corrected chi connectivity index (χ0v) is 13.0. The molecule has 0 heterocycles. The molecule has 2 rings (SSSR count). The van der Waals surface area contributed by atoms with Crippen LogP contribution in [0.1, 0.15) is 32.1 Å². The molecule has 0 spiro atoms.